The van der Waals surface area contributed by atoms with E-state index in [4.69, 9.17) is 4.74 Å². The Bertz CT molecular complexity index is 379. The van der Waals surface area contributed by atoms with Crippen molar-refractivity contribution in [1.82, 2.24) is 0 Å². The third-order valence-electron chi connectivity index (χ3n) is 2.53. The van der Waals surface area contributed by atoms with Crippen molar-refractivity contribution >= 4 is 13.9 Å². The molecular weight excluding hydrogens is 240 g/mol. The van der Waals surface area contributed by atoms with Crippen LogP contribution in [0.2, 0.25) is 19.6 Å². The van der Waals surface area contributed by atoms with Gasteiger partial charge in [0, 0.05) is 19.7 Å². The summed E-state index contributed by atoms with van der Waals surface area (Å²) in [6.07, 6.45) is 0. The average molecular weight is 259 g/mol. The number of anilines is 1. The number of hydrogen-bond donors (Lipinski definition) is 0. The van der Waals surface area contributed by atoms with E-state index in [0.29, 0.717) is 18.8 Å². The zero-order valence-corrected chi connectivity index (χ0v) is 11.8. The second-order valence-electron chi connectivity index (χ2n) is 4.91. The van der Waals surface area contributed by atoms with E-state index in [-0.39, 0.29) is 0 Å². The molecule has 0 radical (unpaired) electrons. The van der Waals surface area contributed by atoms with Crippen LogP contribution in [0.5, 0.6) is 0 Å². The van der Waals surface area contributed by atoms with Crippen molar-refractivity contribution in [2.45, 2.75) is 19.6 Å². The predicted octanol–water partition coefficient (Wildman–Crippen LogP) is 3.25. The predicted molar refractivity (Wildman–Crippen MR) is 68.9 cm³/mol. The monoisotopic (exact) mass is 259 g/mol. The lowest BCUT2D eigenvalue weighted by Crippen LogP contribution is -2.48. The van der Waals surface area contributed by atoms with E-state index < -0.39 is 19.9 Å². The van der Waals surface area contributed by atoms with Gasteiger partial charge in [0.05, 0.1) is 12.3 Å². The number of methoxy groups -OCH3 is 1. The SMILES string of the molecule is COCCN(c1ccc(F)cc1F)[Si](C)(C)C. The molecule has 0 heterocycles. The maximum absolute atomic E-state index is 13.8. The van der Waals surface area contributed by atoms with Gasteiger partial charge in [-0.1, -0.05) is 19.6 Å². The van der Waals surface area contributed by atoms with E-state index in [9.17, 15) is 8.78 Å². The van der Waals surface area contributed by atoms with Gasteiger partial charge in [0.1, 0.15) is 19.9 Å². The van der Waals surface area contributed by atoms with E-state index in [1.54, 1.807) is 7.11 Å². The minimum Gasteiger partial charge on any atom is -0.393 e. The Morgan fingerprint density at radius 3 is 2.35 bits per heavy atom. The fourth-order valence-electron chi connectivity index (χ4n) is 1.70. The molecular formula is C12H19F2NOSi. The quantitative estimate of drug-likeness (QED) is 0.753. The molecule has 1 rings (SSSR count). The lowest BCUT2D eigenvalue weighted by molar-refractivity contribution is 0.208. The summed E-state index contributed by atoms with van der Waals surface area (Å²) in [5.41, 5.74) is 0.461. The summed E-state index contributed by atoms with van der Waals surface area (Å²) < 4.78 is 33.7. The molecule has 0 saturated heterocycles. The maximum atomic E-state index is 13.8. The fourth-order valence-corrected chi connectivity index (χ4v) is 3.37. The molecule has 1 aromatic rings. The topological polar surface area (TPSA) is 12.5 Å². The highest BCUT2D eigenvalue weighted by Crippen LogP contribution is 2.25. The van der Waals surface area contributed by atoms with Crippen LogP contribution in [0.25, 0.3) is 0 Å². The Labute approximate surface area is 102 Å². The third kappa shape index (κ3) is 3.78. The molecule has 0 unspecified atom stereocenters. The Hall–Kier alpha value is -0.943. The molecule has 1 aromatic carbocycles. The summed E-state index contributed by atoms with van der Waals surface area (Å²) in [6.45, 7) is 7.50. The molecule has 96 valence electrons. The molecule has 17 heavy (non-hydrogen) atoms. The first-order chi connectivity index (χ1) is 7.86. The molecule has 0 aromatic heterocycles. The van der Waals surface area contributed by atoms with Crippen molar-refractivity contribution in [2.24, 2.45) is 0 Å². The van der Waals surface area contributed by atoms with E-state index in [0.717, 1.165) is 6.07 Å². The van der Waals surface area contributed by atoms with Crippen LogP contribution in [0.3, 0.4) is 0 Å². The molecule has 2 nitrogen and oxygen atoms in total. The number of rotatable bonds is 5. The third-order valence-corrected chi connectivity index (χ3v) is 4.61. The summed E-state index contributed by atoms with van der Waals surface area (Å²) in [6, 6.07) is 3.71. The molecule has 0 fully saturated rings. The first-order valence-corrected chi connectivity index (χ1v) is 9.02. The molecule has 0 aliphatic carbocycles. The van der Waals surface area contributed by atoms with Gasteiger partial charge in [-0.3, -0.25) is 0 Å². The minimum atomic E-state index is -1.72. The summed E-state index contributed by atoms with van der Waals surface area (Å²) in [5.74, 6) is -1.06. The number of ether oxygens (including phenoxy) is 1. The Balaban J connectivity index is 3.04. The van der Waals surface area contributed by atoms with Crippen LogP contribution in [-0.4, -0.2) is 28.5 Å². The van der Waals surface area contributed by atoms with Gasteiger partial charge in [0.2, 0.25) is 0 Å². The van der Waals surface area contributed by atoms with Crippen molar-refractivity contribution in [3.8, 4) is 0 Å². The van der Waals surface area contributed by atoms with Crippen molar-refractivity contribution in [3.05, 3.63) is 29.8 Å². The Kier molecular flexibility index (Phi) is 4.65. The van der Waals surface area contributed by atoms with Crippen LogP contribution >= 0.6 is 0 Å². The van der Waals surface area contributed by atoms with Crippen LogP contribution in [-0.2, 0) is 4.74 Å². The molecule has 0 atom stereocenters. The lowest BCUT2D eigenvalue weighted by atomic mass is 10.3. The largest absolute Gasteiger partial charge is 0.393 e. The summed E-state index contributed by atoms with van der Waals surface area (Å²) in [4.78, 5) is 0. The second kappa shape index (κ2) is 5.60. The Morgan fingerprint density at radius 2 is 1.88 bits per heavy atom. The standard InChI is InChI=1S/C12H19F2NOSi/c1-16-8-7-15(17(2,3)4)12-6-5-10(13)9-11(12)14/h5-6,9H,7-8H2,1-4H3. The van der Waals surface area contributed by atoms with Gasteiger partial charge in [-0.15, -0.1) is 0 Å². The van der Waals surface area contributed by atoms with E-state index in [2.05, 4.69) is 19.6 Å². The maximum Gasteiger partial charge on any atom is 0.148 e. The number of benzene rings is 1. The van der Waals surface area contributed by atoms with Crippen LogP contribution in [0.15, 0.2) is 18.2 Å². The lowest BCUT2D eigenvalue weighted by Gasteiger charge is -2.36. The molecule has 0 aliphatic rings. The highest BCUT2D eigenvalue weighted by atomic mass is 28.3. The molecule has 0 spiro atoms. The highest BCUT2D eigenvalue weighted by molar-refractivity contribution is 6.79. The van der Waals surface area contributed by atoms with Crippen LogP contribution in [0.1, 0.15) is 0 Å². The highest BCUT2D eigenvalue weighted by Gasteiger charge is 2.26. The number of nitrogens with zero attached hydrogens (tertiary/aromatic N) is 1. The normalized spacial score (nSPS) is 11.6. The average Bonchev–Trinajstić information content (AvgIpc) is 2.19. The molecule has 0 bridgehead atoms. The van der Waals surface area contributed by atoms with Gasteiger partial charge in [-0.05, 0) is 12.1 Å². The smallest absolute Gasteiger partial charge is 0.148 e. The number of halogens is 2. The van der Waals surface area contributed by atoms with Crippen LogP contribution < -0.4 is 4.57 Å². The van der Waals surface area contributed by atoms with E-state index >= 15 is 0 Å². The first kappa shape index (κ1) is 14.1. The van der Waals surface area contributed by atoms with E-state index in [1.807, 2.05) is 4.57 Å². The van der Waals surface area contributed by atoms with Gasteiger partial charge < -0.3 is 9.30 Å². The van der Waals surface area contributed by atoms with Gasteiger partial charge in [0.15, 0.2) is 0 Å². The second-order valence-corrected chi connectivity index (χ2v) is 9.79. The zero-order chi connectivity index (χ0) is 13.1. The van der Waals surface area contributed by atoms with Gasteiger partial charge in [0.25, 0.3) is 0 Å². The molecule has 0 aliphatic heterocycles. The molecule has 0 amide bonds. The van der Waals surface area contributed by atoms with Crippen molar-refractivity contribution in [3.63, 3.8) is 0 Å². The van der Waals surface area contributed by atoms with Crippen molar-refractivity contribution in [2.75, 3.05) is 24.8 Å². The van der Waals surface area contributed by atoms with Gasteiger partial charge in [-0.25, -0.2) is 8.78 Å². The summed E-state index contributed by atoms with van der Waals surface area (Å²) >= 11 is 0. The fraction of sp³-hybridized carbons (Fsp3) is 0.500. The van der Waals surface area contributed by atoms with Gasteiger partial charge in [-0.2, -0.15) is 0 Å². The van der Waals surface area contributed by atoms with Crippen LogP contribution in [0, 0.1) is 11.6 Å². The molecule has 0 N–H and O–H groups in total. The Morgan fingerprint density at radius 1 is 1.24 bits per heavy atom. The molecule has 0 saturated carbocycles. The van der Waals surface area contributed by atoms with E-state index in [1.165, 1.54) is 12.1 Å². The van der Waals surface area contributed by atoms with Crippen molar-refractivity contribution < 1.29 is 13.5 Å². The summed E-state index contributed by atoms with van der Waals surface area (Å²) in [5, 5.41) is 0. The van der Waals surface area contributed by atoms with Crippen LogP contribution in [0.4, 0.5) is 14.5 Å². The minimum absolute atomic E-state index is 0.461. The summed E-state index contributed by atoms with van der Waals surface area (Å²) in [7, 11) is -0.108. The van der Waals surface area contributed by atoms with Gasteiger partial charge >= 0.3 is 0 Å². The van der Waals surface area contributed by atoms with Crippen molar-refractivity contribution in [1.29, 1.82) is 0 Å². The number of hydrogen-bond acceptors (Lipinski definition) is 2. The first-order valence-electron chi connectivity index (χ1n) is 5.58. The molecule has 5 heteroatoms. The zero-order valence-electron chi connectivity index (χ0n) is 10.8.